The van der Waals surface area contributed by atoms with E-state index in [0.29, 0.717) is 12.0 Å². The zero-order valence-electron chi connectivity index (χ0n) is 36.8. The molecule has 6 atom stereocenters. The Morgan fingerprint density at radius 2 is 1.44 bits per heavy atom. The maximum atomic E-state index is 14.3. The minimum atomic E-state index is -3.01. The quantitative estimate of drug-likeness (QED) is 0.0334. The maximum absolute atomic E-state index is 14.3. The summed E-state index contributed by atoms with van der Waals surface area (Å²) in [6.07, 6.45) is 11.7. The monoisotopic (exact) mass is 892 g/mol. The second-order valence-electron chi connectivity index (χ2n) is 17.7. The van der Waals surface area contributed by atoms with Crippen molar-refractivity contribution >= 4 is 58.0 Å². The molecule has 3 aliphatic carbocycles. The molecule has 0 radical (unpaired) electrons. The number of aromatic nitrogens is 2. The number of primary amides is 1. The predicted molar refractivity (Wildman–Crippen MR) is 247 cm³/mol. The number of nitrogens with zero attached hydrogens (tertiary/aromatic N) is 3. The largest absolute Gasteiger partial charge is 0.508 e. The number of carbonyl (C=O) groups is 4. The fraction of sp³-hybridized carbons (Fsp3) is 0.408. The van der Waals surface area contributed by atoms with Crippen molar-refractivity contribution in [3.8, 4) is 5.75 Å². The number of nitrogens with one attached hydrogen (secondary N) is 1. The molecule has 2 amide bonds. The first-order valence-corrected chi connectivity index (χ1v) is 24.0. The van der Waals surface area contributed by atoms with Gasteiger partial charge in [-0.2, -0.15) is 5.10 Å². The summed E-state index contributed by atoms with van der Waals surface area (Å²) in [4.78, 5) is 54.4. The highest BCUT2D eigenvalue weighted by molar-refractivity contribution is 7.95. The molecule has 0 spiro atoms. The molecule has 3 aliphatic rings. The number of amides is 2. The molecule has 0 aliphatic heterocycles. The molecule has 14 nitrogen and oxygen atoms in total. The van der Waals surface area contributed by atoms with Gasteiger partial charge in [-0.05, 0) is 75.2 Å². The molecule has 4 aromatic rings. The Bertz CT molecular complexity index is 2450. The number of aliphatic hydroxyl groups is 4. The topological polar surface area (TPSA) is 229 Å². The molecule has 0 unspecified atom stereocenters. The highest BCUT2D eigenvalue weighted by Crippen LogP contribution is 2.58. The van der Waals surface area contributed by atoms with Gasteiger partial charge in [0.05, 0.1) is 47.9 Å². The lowest BCUT2D eigenvalue weighted by Crippen LogP contribution is -2.70. The summed E-state index contributed by atoms with van der Waals surface area (Å²) in [5.74, 6) is -10.1. The van der Waals surface area contributed by atoms with Gasteiger partial charge in [0.2, 0.25) is 11.7 Å². The van der Waals surface area contributed by atoms with E-state index in [-0.39, 0.29) is 23.6 Å². The SMILES string of the molecule is C[C@H]1c2ccc(NC(=O)CCCCCCCCCC[P+](c3ccccc3)(c3ccccc3)c3cnn(C)c3)c(O)c2C(O)=C2C(=O)[C@]3(O)C(O)=C(C(N)=O)C(=O)[C@@H](N(C)C)[C@@H]3[C@@H](O)[C@@H]21. The van der Waals surface area contributed by atoms with Crippen molar-refractivity contribution in [2.75, 3.05) is 25.6 Å². The van der Waals surface area contributed by atoms with Gasteiger partial charge in [0, 0.05) is 25.0 Å². The minimum Gasteiger partial charge on any atom is -0.508 e. The molecule has 3 aromatic carbocycles. The number of likely N-dealkylation sites (N-methyl/N-ethyl adjacent to an activating group) is 1. The number of ketones is 2. The number of fused-ring (bicyclic) bond motifs is 3. The Labute approximate surface area is 373 Å². The smallest absolute Gasteiger partial charge is 0.255 e. The standard InChI is InChI=1S/C49H58N5O9P/c1-29-33-24-25-34(42(56)37(33)43(57)38-36(29)44(58)40-41(53(2)3)45(59)39(48(50)62)47(61)49(40,63)46(38)60)52-35(55)23-17-9-7-5-6-8-10-18-26-64(30-19-13-11-14-20-30,31-21-15-12-16-22-31)32-27-51-54(4)28-32/h11-16,19-22,24-25,27-29,36,40-41,44,58,63H,5-10,17-18,23,26H2,1-4H3,(H5-,50,52,55,56,57,59,60,61,62)/p+1/t29-,36+,40+,41-,44-,49-/m0/s1. The van der Waals surface area contributed by atoms with Crippen LogP contribution in [0.1, 0.15) is 81.8 Å². The van der Waals surface area contributed by atoms with Gasteiger partial charge in [-0.3, -0.25) is 28.8 Å². The summed E-state index contributed by atoms with van der Waals surface area (Å²) in [5.41, 5.74) is 1.08. The third-order valence-electron chi connectivity index (χ3n) is 13.6. The molecule has 1 heterocycles. The van der Waals surface area contributed by atoms with Gasteiger partial charge in [0.15, 0.2) is 11.4 Å². The van der Waals surface area contributed by atoms with Crippen LogP contribution >= 0.6 is 7.26 Å². The number of aliphatic hydroxyl groups excluding tert-OH is 3. The third-order valence-corrected chi connectivity index (χ3v) is 18.0. The molecular formula is C49H59N5O9P+. The number of aromatic hydroxyl groups is 1. The van der Waals surface area contributed by atoms with E-state index in [1.807, 2.05) is 17.9 Å². The Kier molecular flexibility index (Phi) is 13.6. The normalized spacial score (nSPS) is 23.2. The number of hydrogen-bond donors (Lipinski definition) is 7. The van der Waals surface area contributed by atoms with E-state index < -0.39 is 88.7 Å². The van der Waals surface area contributed by atoms with Crippen LogP contribution in [0.2, 0.25) is 0 Å². The number of nitrogens with two attached hydrogens (primary N) is 1. The van der Waals surface area contributed by atoms with E-state index in [9.17, 15) is 44.7 Å². The molecular weight excluding hydrogens is 834 g/mol. The number of carbonyl (C=O) groups excluding carboxylic acids is 4. The zero-order valence-corrected chi connectivity index (χ0v) is 37.7. The van der Waals surface area contributed by atoms with Crippen LogP contribution in [-0.4, -0.2) is 102 Å². The Morgan fingerprint density at radius 3 is 1.98 bits per heavy atom. The van der Waals surface area contributed by atoms with E-state index in [1.54, 1.807) is 13.0 Å². The lowest BCUT2D eigenvalue weighted by atomic mass is 9.54. The van der Waals surface area contributed by atoms with Crippen LogP contribution in [0.4, 0.5) is 5.69 Å². The van der Waals surface area contributed by atoms with Gasteiger partial charge >= 0.3 is 0 Å². The van der Waals surface area contributed by atoms with Crippen molar-refractivity contribution in [2.45, 2.75) is 88.4 Å². The van der Waals surface area contributed by atoms with E-state index in [2.05, 4.69) is 77.3 Å². The molecule has 15 heteroatoms. The first kappa shape index (κ1) is 46.3. The van der Waals surface area contributed by atoms with Crippen molar-refractivity contribution in [1.29, 1.82) is 0 Å². The number of aryl methyl sites for hydroxylation is 1. The maximum Gasteiger partial charge on any atom is 0.255 e. The molecule has 8 N–H and O–H groups in total. The fourth-order valence-electron chi connectivity index (χ4n) is 10.4. The Morgan fingerprint density at radius 1 is 0.859 bits per heavy atom. The van der Waals surface area contributed by atoms with E-state index in [4.69, 9.17) is 5.73 Å². The van der Waals surface area contributed by atoms with Crippen LogP contribution in [0.15, 0.2) is 102 Å². The van der Waals surface area contributed by atoms with E-state index in [0.717, 1.165) is 51.1 Å². The predicted octanol–water partition coefficient (Wildman–Crippen LogP) is 4.67. The molecule has 0 saturated heterocycles. The van der Waals surface area contributed by atoms with Crippen molar-refractivity contribution in [3.05, 3.63) is 113 Å². The summed E-state index contributed by atoms with van der Waals surface area (Å²) in [7, 11) is 2.98. The van der Waals surface area contributed by atoms with Gasteiger partial charge in [0.25, 0.3) is 5.91 Å². The van der Waals surface area contributed by atoms with Crippen LogP contribution in [0, 0.1) is 11.8 Å². The Balaban J connectivity index is 0.944. The average molecular weight is 893 g/mol. The summed E-state index contributed by atoms with van der Waals surface area (Å²) in [5, 5.41) is 69.3. The van der Waals surface area contributed by atoms with Crippen LogP contribution in [0.3, 0.4) is 0 Å². The number of phenolic OH excluding ortho intramolecular Hbond substituents is 1. The second-order valence-corrected chi connectivity index (χ2v) is 21.3. The van der Waals surface area contributed by atoms with E-state index in [1.165, 1.54) is 41.0 Å². The summed E-state index contributed by atoms with van der Waals surface area (Å²) in [6.45, 7) is 1.65. The van der Waals surface area contributed by atoms with Gasteiger partial charge in [-0.25, -0.2) is 0 Å². The number of unbranched alkanes of at least 4 members (excludes halogenated alkanes) is 7. The summed E-state index contributed by atoms with van der Waals surface area (Å²) >= 11 is 0. The number of Topliss-reactive ketones (excluding diaryl/α,β-unsaturated/α-hetero) is 2. The lowest BCUT2D eigenvalue weighted by Gasteiger charge is -2.53. The van der Waals surface area contributed by atoms with Crippen LogP contribution in [-0.2, 0) is 26.2 Å². The minimum absolute atomic E-state index is 0.00818. The molecule has 64 heavy (non-hydrogen) atoms. The molecule has 1 fully saturated rings. The number of rotatable bonds is 17. The number of hydrogen-bond acceptors (Lipinski definition) is 11. The molecule has 1 aromatic heterocycles. The molecule has 0 bridgehead atoms. The zero-order chi connectivity index (χ0) is 46.1. The van der Waals surface area contributed by atoms with Crippen molar-refractivity contribution in [1.82, 2.24) is 14.7 Å². The third kappa shape index (κ3) is 8.06. The lowest BCUT2D eigenvalue weighted by molar-refractivity contribution is -0.169. The highest BCUT2D eigenvalue weighted by atomic mass is 31.2. The van der Waals surface area contributed by atoms with Crippen LogP contribution in [0.5, 0.6) is 5.75 Å². The highest BCUT2D eigenvalue weighted by Gasteiger charge is 2.68. The van der Waals surface area contributed by atoms with Crippen molar-refractivity contribution < 1.29 is 44.7 Å². The summed E-state index contributed by atoms with van der Waals surface area (Å²) < 4.78 is 1.89. The van der Waals surface area contributed by atoms with Gasteiger partial charge < -0.3 is 36.6 Å². The van der Waals surface area contributed by atoms with E-state index >= 15 is 0 Å². The van der Waals surface area contributed by atoms with Gasteiger partial charge in [-0.1, -0.05) is 81.5 Å². The van der Waals surface area contributed by atoms with Crippen molar-refractivity contribution in [3.63, 3.8) is 0 Å². The second kappa shape index (κ2) is 18.8. The number of phenols is 1. The Hall–Kier alpha value is -5.66. The summed E-state index contributed by atoms with van der Waals surface area (Å²) in [6, 6.07) is 23.3. The molecule has 338 valence electrons. The van der Waals surface area contributed by atoms with Gasteiger partial charge in [0.1, 0.15) is 46.0 Å². The van der Waals surface area contributed by atoms with Gasteiger partial charge in [-0.15, -0.1) is 0 Å². The number of anilines is 1. The van der Waals surface area contributed by atoms with Crippen molar-refractivity contribution in [2.24, 2.45) is 24.6 Å². The molecule has 1 saturated carbocycles. The first-order valence-electron chi connectivity index (χ1n) is 22.0. The van der Waals surface area contributed by atoms with Crippen LogP contribution in [0.25, 0.3) is 5.76 Å². The molecule has 7 rings (SSSR count). The first-order chi connectivity index (χ1) is 30.6. The average Bonchev–Trinajstić information content (AvgIpc) is 3.71. The fourth-order valence-corrected chi connectivity index (χ4v) is 14.8. The van der Waals surface area contributed by atoms with Crippen LogP contribution < -0.4 is 27.0 Å². The number of benzene rings is 3.